The Morgan fingerprint density at radius 2 is 2.25 bits per heavy atom. The van der Waals surface area contributed by atoms with Crippen LogP contribution in [0.15, 0.2) is 28.8 Å². The van der Waals surface area contributed by atoms with Gasteiger partial charge in [-0.3, -0.25) is 4.79 Å². The SMILES string of the molecule is NCc1onc2c1CN(C(=O)c1ccccc1F)CC2. The zero-order chi connectivity index (χ0) is 14.1. The molecule has 1 aromatic carbocycles. The Bertz CT molecular complexity index is 640. The van der Waals surface area contributed by atoms with Crippen molar-refractivity contribution in [3.8, 4) is 0 Å². The van der Waals surface area contributed by atoms with E-state index in [1.165, 1.54) is 12.1 Å². The Morgan fingerprint density at radius 1 is 1.45 bits per heavy atom. The van der Waals surface area contributed by atoms with E-state index in [4.69, 9.17) is 10.3 Å². The number of hydrogen-bond acceptors (Lipinski definition) is 4. The van der Waals surface area contributed by atoms with E-state index in [1.807, 2.05) is 0 Å². The molecule has 104 valence electrons. The summed E-state index contributed by atoms with van der Waals surface area (Å²) in [6.07, 6.45) is 0.596. The molecule has 0 saturated carbocycles. The summed E-state index contributed by atoms with van der Waals surface area (Å²) >= 11 is 0. The smallest absolute Gasteiger partial charge is 0.257 e. The van der Waals surface area contributed by atoms with Crippen LogP contribution < -0.4 is 5.73 Å². The van der Waals surface area contributed by atoms with Crippen LogP contribution in [0, 0.1) is 5.82 Å². The van der Waals surface area contributed by atoms with Gasteiger partial charge in [0.05, 0.1) is 24.3 Å². The lowest BCUT2D eigenvalue weighted by Crippen LogP contribution is -2.36. The summed E-state index contributed by atoms with van der Waals surface area (Å²) in [4.78, 5) is 13.9. The summed E-state index contributed by atoms with van der Waals surface area (Å²) in [5, 5.41) is 3.94. The predicted molar refractivity (Wildman–Crippen MR) is 69.2 cm³/mol. The molecule has 0 unspecified atom stereocenters. The monoisotopic (exact) mass is 275 g/mol. The van der Waals surface area contributed by atoms with Gasteiger partial charge >= 0.3 is 0 Å². The molecule has 2 aromatic rings. The second kappa shape index (κ2) is 5.05. The number of hydrogen-bond donors (Lipinski definition) is 1. The topological polar surface area (TPSA) is 72.4 Å². The molecule has 1 aliphatic rings. The summed E-state index contributed by atoms with van der Waals surface area (Å²) in [5.74, 6) is -0.239. The fraction of sp³-hybridized carbons (Fsp3) is 0.286. The Balaban J connectivity index is 1.87. The number of halogens is 1. The van der Waals surface area contributed by atoms with Gasteiger partial charge in [0, 0.05) is 18.5 Å². The number of amides is 1. The Hall–Kier alpha value is -2.21. The van der Waals surface area contributed by atoms with Crippen LogP contribution in [0.25, 0.3) is 0 Å². The number of aromatic nitrogens is 1. The lowest BCUT2D eigenvalue weighted by molar-refractivity contribution is 0.0729. The zero-order valence-corrected chi connectivity index (χ0v) is 10.8. The van der Waals surface area contributed by atoms with Crippen molar-refractivity contribution in [1.29, 1.82) is 0 Å². The van der Waals surface area contributed by atoms with Crippen LogP contribution in [0.2, 0.25) is 0 Å². The quantitative estimate of drug-likeness (QED) is 0.900. The molecule has 0 atom stereocenters. The third kappa shape index (κ3) is 2.08. The van der Waals surface area contributed by atoms with Gasteiger partial charge in [0.25, 0.3) is 5.91 Å². The molecule has 20 heavy (non-hydrogen) atoms. The molecule has 5 nitrogen and oxygen atoms in total. The predicted octanol–water partition coefficient (Wildman–Crippen LogP) is 1.47. The second-order valence-electron chi connectivity index (χ2n) is 4.69. The Kier molecular flexibility index (Phi) is 3.23. The fourth-order valence-corrected chi connectivity index (χ4v) is 2.41. The highest BCUT2D eigenvalue weighted by atomic mass is 19.1. The normalized spacial score (nSPS) is 14.2. The lowest BCUT2D eigenvalue weighted by atomic mass is 10.0. The maximum Gasteiger partial charge on any atom is 0.257 e. The minimum atomic E-state index is -0.507. The molecule has 1 aromatic heterocycles. The molecule has 1 amide bonds. The molecule has 0 radical (unpaired) electrons. The van der Waals surface area contributed by atoms with E-state index in [-0.39, 0.29) is 18.0 Å². The van der Waals surface area contributed by atoms with Crippen molar-refractivity contribution in [2.75, 3.05) is 6.54 Å². The fourth-order valence-electron chi connectivity index (χ4n) is 2.41. The van der Waals surface area contributed by atoms with Gasteiger partial charge < -0.3 is 15.2 Å². The van der Waals surface area contributed by atoms with Gasteiger partial charge in [-0.1, -0.05) is 17.3 Å². The molecule has 6 heteroatoms. The summed E-state index contributed by atoms with van der Waals surface area (Å²) < 4.78 is 18.8. The Labute approximate surface area is 115 Å². The molecule has 0 fully saturated rings. The van der Waals surface area contributed by atoms with Crippen LogP contribution in [0.1, 0.15) is 27.4 Å². The molecule has 2 heterocycles. The first-order valence-corrected chi connectivity index (χ1v) is 6.41. The third-order valence-electron chi connectivity index (χ3n) is 3.50. The number of benzene rings is 1. The van der Waals surface area contributed by atoms with Crippen molar-refractivity contribution in [2.24, 2.45) is 5.73 Å². The van der Waals surface area contributed by atoms with Gasteiger partial charge in [0.15, 0.2) is 5.76 Å². The molecule has 1 aliphatic heterocycles. The maximum atomic E-state index is 13.7. The molecule has 2 N–H and O–H groups in total. The van der Waals surface area contributed by atoms with E-state index < -0.39 is 5.82 Å². The first-order chi connectivity index (χ1) is 9.70. The summed E-state index contributed by atoms with van der Waals surface area (Å²) in [6.45, 7) is 1.10. The van der Waals surface area contributed by atoms with Gasteiger partial charge in [-0.05, 0) is 12.1 Å². The van der Waals surface area contributed by atoms with Gasteiger partial charge in [-0.15, -0.1) is 0 Å². The minimum Gasteiger partial charge on any atom is -0.359 e. The van der Waals surface area contributed by atoms with Gasteiger partial charge in [-0.25, -0.2) is 4.39 Å². The van der Waals surface area contributed by atoms with E-state index in [0.717, 1.165) is 11.3 Å². The van der Waals surface area contributed by atoms with Crippen molar-refractivity contribution in [3.63, 3.8) is 0 Å². The van der Waals surface area contributed by atoms with Crippen molar-refractivity contribution < 1.29 is 13.7 Å². The van der Waals surface area contributed by atoms with E-state index in [2.05, 4.69) is 5.16 Å². The summed E-state index contributed by atoms with van der Waals surface area (Å²) in [5.41, 5.74) is 7.35. The largest absolute Gasteiger partial charge is 0.359 e. The minimum absolute atomic E-state index is 0.0849. The number of carbonyl (C=O) groups is 1. The average Bonchev–Trinajstić information content (AvgIpc) is 2.89. The molecule has 3 rings (SSSR count). The number of carbonyl (C=O) groups excluding carboxylic acids is 1. The maximum absolute atomic E-state index is 13.7. The van der Waals surface area contributed by atoms with Crippen molar-refractivity contribution in [2.45, 2.75) is 19.5 Å². The van der Waals surface area contributed by atoms with Crippen molar-refractivity contribution in [1.82, 2.24) is 10.1 Å². The molecule has 0 spiro atoms. The molecule has 0 bridgehead atoms. The molecular formula is C14H14FN3O2. The van der Waals surface area contributed by atoms with Gasteiger partial charge in [-0.2, -0.15) is 0 Å². The van der Waals surface area contributed by atoms with Crippen molar-refractivity contribution in [3.05, 3.63) is 52.7 Å². The molecular weight excluding hydrogens is 261 g/mol. The van der Waals surface area contributed by atoms with E-state index in [0.29, 0.717) is 25.3 Å². The third-order valence-corrected chi connectivity index (χ3v) is 3.50. The Morgan fingerprint density at radius 3 is 3.00 bits per heavy atom. The summed E-state index contributed by atoms with van der Waals surface area (Å²) in [7, 11) is 0. The van der Waals surface area contributed by atoms with Crippen LogP contribution in [-0.4, -0.2) is 22.5 Å². The van der Waals surface area contributed by atoms with Crippen LogP contribution in [-0.2, 0) is 19.5 Å². The number of fused-ring (bicyclic) bond motifs is 1. The average molecular weight is 275 g/mol. The first kappa shape index (κ1) is 12.8. The van der Waals surface area contributed by atoms with Gasteiger partial charge in [0.2, 0.25) is 0 Å². The van der Waals surface area contributed by atoms with E-state index >= 15 is 0 Å². The standard InChI is InChI=1S/C14H14FN3O2/c15-11-4-2-1-3-9(11)14(19)18-6-5-12-10(8-18)13(7-16)20-17-12/h1-4H,5-8,16H2. The van der Waals surface area contributed by atoms with E-state index in [1.54, 1.807) is 17.0 Å². The number of rotatable bonds is 2. The highest BCUT2D eigenvalue weighted by molar-refractivity contribution is 5.94. The van der Waals surface area contributed by atoms with Crippen LogP contribution in [0.4, 0.5) is 4.39 Å². The lowest BCUT2D eigenvalue weighted by Gasteiger charge is -2.26. The second-order valence-corrected chi connectivity index (χ2v) is 4.69. The van der Waals surface area contributed by atoms with Crippen LogP contribution >= 0.6 is 0 Å². The highest BCUT2D eigenvalue weighted by Gasteiger charge is 2.27. The number of nitrogens with two attached hydrogens (primary N) is 1. The molecule has 0 aliphatic carbocycles. The number of nitrogens with zero attached hydrogens (tertiary/aromatic N) is 2. The van der Waals surface area contributed by atoms with Crippen molar-refractivity contribution >= 4 is 5.91 Å². The first-order valence-electron chi connectivity index (χ1n) is 6.41. The van der Waals surface area contributed by atoms with Crippen LogP contribution in [0.3, 0.4) is 0 Å². The van der Waals surface area contributed by atoms with E-state index in [9.17, 15) is 9.18 Å². The summed E-state index contributed by atoms with van der Waals surface area (Å²) in [6, 6.07) is 5.99. The van der Waals surface area contributed by atoms with Crippen LogP contribution in [0.5, 0.6) is 0 Å². The highest BCUT2D eigenvalue weighted by Crippen LogP contribution is 2.23. The van der Waals surface area contributed by atoms with Gasteiger partial charge in [0.1, 0.15) is 5.82 Å². The zero-order valence-electron chi connectivity index (χ0n) is 10.8. The molecule has 0 saturated heterocycles.